The minimum Gasteiger partial charge on any atom is -0.317 e. The molecule has 2 nitrogen and oxygen atoms in total. The Balaban J connectivity index is 2.29. The first kappa shape index (κ1) is 10.2. The van der Waals surface area contributed by atoms with Crippen molar-refractivity contribution in [1.29, 1.82) is 0 Å². The van der Waals surface area contributed by atoms with Gasteiger partial charge in [0.05, 0.1) is 10.0 Å². The van der Waals surface area contributed by atoms with Crippen LogP contribution in [0, 0.1) is 0 Å². The van der Waals surface area contributed by atoms with Gasteiger partial charge in [0.25, 0.3) is 0 Å². The Morgan fingerprint density at radius 1 is 1.14 bits per heavy atom. The van der Waals surface area contributed by atoms with E-state index in [0.717, 1.165) is 31.5 Å². The molecule has 1 aliphatic rings. The van der Waals surface area contributed by atoms with Gasteiger partial charge in [-0.1, -0.05) is 23.2 Å². The van der Waals surface area contributed by atoms with Crippen molar-refractivity contribution in [3.8, 4) is 0 Å². The van der Waals surface area contributed by atoms with Gasteiger partial charge in [-0.15, -0.1) is 0 Å². The molecule has 1 aromatic heterocycles. The van der Waals surface area contributed by atoms with Crippen LogP contribution in [-0.2, 0) is 0 Å². The summed E-state index contributed by atoms with van der Waals surface area (Å²) in [5.74, 6) is 0.485. The molecular formula is C10H12Cl2N2. The second kappa shape index (κ2) is 4.47. The molecule has 1 fully saturated rings. The molecule has 4 heteroatoms. The predicted octanol–water partition coefficient (Wildman–Crippen LogP) is 2.86. The molecule has 76 valence electrons. The molecule has 1 saturated heterocycles. The highest BCUT2D eigenvalue weighted by molar-refractivity contribution is 6.35. The third-order valence-corrected chi connectivity index (χ3v) is 3.24. The number of halogens is 2. The monoisotopic (exact) mass is 230 g/mol. The zero-order valence-corrected chi connectivity index (χ0v) is 9.28. The number of rotatable bonds is 1. The number of nitrogens with zero attached hydrogens (tertiary/aromatic N) is 1. The van der Waals surface area contributed by atoms with Crippen molar-refractivity contribution < 1.29 is 0 Å². The molecule has 0 aromatic carbocycles. The molecule has 0 aliphatic carbocycles. The quantitative estimate of drug-likeness (QED) is 0.803. The van der Waals surface area contributed by atoms with E-state index in [1.807, 2.05) is 0 Å². The van der Waals surface area contributed by atoms with E-state index in [-0.39, 0.29) is 0 Å². The van der Waals surface area contributed by atoms with Crippen LogP contribution in [0.25, 0.3) is 0 Å². The first-order chi connectivity index (χ1) is 6.79. The summed E-state index contributed by atoms with van der Waals surface area (Å²) < 4.78 is 0. The van der Waals surface area contributed by atoms with Crippen molar-refractivity contribution in [3.05, 3.63) is 28.0 Å². The summed E-state index contributed by atoms with van der Waals surface area (Å²) in [6.07, 6.45) is 5.54. The van der Waals surface area contributed by atoms with Gasteiger partial charge in [-0.25, -0.2) is 0 Å². The van der Waals surface area contributed by atoms with Crippen LogP contribution in [0.2, 0.25) is 10.0 Å². The third kappa shape index (κ3) is 2.02. The molecule has 0 saturated carbocycles. The van der Waals surface area contributed by atoms with Crippen LogP contribution < -0.4 is 5.32 Å². The van der Waals surface area contributed by atoms with Crippen molar-refractivity contribution in [1.82, 2.24) is 10.3 Å². The second-order valence-electron chi connectivity index (χ2n) is 3.54. The maximum absolute atomic E-state index is 6.10. The van der Waals surface area contributed by atoms with Crippen LogP contribution in [-0.4, -0.2) is 18.1 Å². The lowest BCUT2D eigenvalue weighted by molar-refractivity contribution is 0.460. The standard InChI is InChI=1S/C10H12Cl2N2/c11-8-5-14-6-9(12)10(8)7-1-3-13-4-2-7/h5-7,13H,1-4H2. The van der Waals surface area contributed by atoms with Gasteiger partial charge in [0.15, 0.2) is 0 Å². The normalized spacial score (nSPS) is 18.4. The van der Waals surface area contributed by atoms with Crippen LogP contribution >= 0.6 is 23.2 Å². The SMILES string of the molecule is Clc1cncc(Cl)c1C1CCNCC1. The molecule has 1 aromatic rings. The Morgan fingerprint density at radius 3 is 2.29 bits per heavy atom. The largest absolute Gasteiger partial charge is 0.317 e. The van der Waals surface area contributed by atoms with Crippen LogP contribution in [0.15, 0.2) is 12.4 Å². The summed E-state index contributed by atoms with van der Waals surface area (Å²) in [6.45, 7) is 2.08. The summed E-state index contributed by atoms with van der Waals surface area (Å²) in [5.41, 5.74) is 1.07. The minimum atomic E-state index is 0.485. The van der Waals surface area contributed by atoms with Gasteiger partial charge in [-0.2, -0.15) is 0 Å². The highest BCUT2D eigenvalue weighted by atomic mass is 35.5. The zero-order chi connectivity index (χ0) is 9.97. The lowest BCUT2D eigenvalue weighted by atomic mass is 9.91. The maximum Gasteiger partial charge on any atom is 0.0639 e. The van der Waals surface area contributed by atoms with Crippen molar-refractivity contribution >= 4 is 23.2 Å². The molecular weight excluding hydrogens is 219 g/mol. The molecule has 0 spiro atoms. The Hall–Kier alpha value is -0.310. The fourth-order valence-electron chi connectivity index (χ4n) is 1.92. The van der Waals surface area contributed by atoms with Gasteiger partial charge >= 0.3 is 0 Å². The molecule has 0 unspecified atom stereocenters. The molecule has 0 radical (unpaired) electrons. The van der Waals surface area contributed by atoms with Gasteiger partial charge in [0.1, 0.15) is 0 Å². The maximum atomic E-state index is 6.10. The van der Waals surface area contributed by atoms with Crippen molar-refractivity contribution in [3.63, 3.8) is 0 Å². The number of aromatic nitrogens is 1. The van der Waals surface area contributed by atoms with Crippen molar-refractivity contribution in [2.45, 2.75) is 18.8 Å². The van der Waals surface area contributed by atoms with Crippen molar-refractivity contribution in [2.24, 2.45) is 0 Å². The van der Waals surface area contributed by atoms with Gasteiger partial charge < -0.3 is 5.32 Å². The number of hydrogen-bond donors (Lipinski definition) is 1. The molecule has 0 bridgehead atoms. The Labute approximate surface area is 93.6 Å². The van der Waals surface area contributed by atoms with Crippen molar-refractivity contribution in [2.75, 3.05) is 13.1 Å². The fraction of sp³-hybridized carbons (Fsp3) is 0.500. The Bertz CT molecular complexity index is 302. The van der Waals surface area contributed by atoms with E-state index in [4.69, 9.17) is 23.2 Å². The highest BCUT2D eigenvalue weighted by Gasteiger charge is 2.20. The lowest BCUT2D eigenvalue weighted by Gasteiger charge is -2.24. The van der Waals surface area contributed by atoms with Crippen LogP contribution in [0.4, 0.5) is 0 Å². The van der Waals surface area contributed by atoms with E-state index < -0.39 is 0 Å². The third-order valence-electron chi connectivity index (χ3n) is 2.64. The first-order valence-electron chi connectivity index (χ1n) is 4.78. The minimum absolute atomic E-state index is 0.485. The second-order valence-corrected chi connectivity index (χ2v) is 4.36. The van der Waals surface area contributed by atoms with E-state index in [1.54, 1.807) is 12.4 Å². The zero-order valence-electron chi connectivity index (χ0n) is 7.76. The first-order valence-corrected chi connectivity index (χ1v) is 5.54. The summed E-state index contributed by atoms with van der Waals surface area (Å²) in [7, 11) is 0. The smallest absolute Gasteiger partial charge is 0.0639 e. The van der Waals surface area contributed by atoms with E-state index in [1.165, 1.54) is 0 Å². The molecule has 1 aliphatic heterocycles. The summed E-state index contributed by atoms with van der Waals surface area (Å²) in [5, 5.41) is 4.72. The van der Waals surface area contributed by atoms with Crippen LogP contribution in [0.5, 0.6) is 0 Å². The van der Waals surface area contributed by atoms with E-state index in [9.17, 15) is 0 Å². The van der Waals surface area contributed by atoms with Gasteiger partial charge in [0, 0.05) is 12.4 Å². The molecule has 0 atom stereocenters. The number of pyridine rings is 1. The summed E-state index contributed by atoms with van der Waals surface area (Å²) >= 11 is 12.2. The van der Waals surface area contributed by atoms with E-state index in [0.29, 0.717) is 16.0 Å². The molecule has 0 amide bonds. The molecule has 2 heterocycles. The highest BCUT2D eigenvalue weighted by Crippen LogP contribution is 2.35. The predicted molar refractivity (Wildman–Crippen MR) is 59.1 cm³/mol. The average Bonchev–Trinajstić information content (AvgIpc) is 2.19. The number of hydrogen-bond acceptors (Lipinski definition) is 2. The van der Waals surface area contributed by atoms with Gasteiger partial charge in [-0.05, 0) is 37.4 Å². The van der Waals surface area contributed by atoms with E-state index in [2.05, 4.69) is 10.3 Å². The average molecular weight is 231 g/mol. The van der Waals surface area contributed by atoms with Crippen LogP contribution in [0.3, 0.4) is 0 Å². The number of nitrogens with one attached hydrogen (secondary N) is 1. The Kier molecular flexibility index (Phi) is 3.26. The summed E-state index contributed by atoms with van der Waals surface area (Å²) in [6, 6.07) is 0. The van der Waals surface area contributed by atoms with E-state index >= 15 is 0 Å². The summed E-state index contributed by atoms with van der Waals surface area (Å²) in [4.78, 5) is 3.96. The Morgan fingerprint density at radius 2 is 1.71 bits per heavy atom. The molecule has 14 heavy (non-hydrogen) atoms. The molecule has 1 N–H and O–H groups in total. The molecule has 2 rings (SSSR count). The topological polar surface area (TPSA) is 24.9 Å². The van der Waals surface area contributed by atoms with Gasteiger partial charge in [-0.3, -0.25) is 4.98 Å². The fourth-order valence-corrected chi connectivity index (χ4v) is 2.60. The van der Waals surface area contributed by atoms with Crippen LogP contribution in [0.1, 0.15) is 24.3 Å². The number of piperidine rings is 1. The lowest BCUT2D eigenvalue weighted by Crippen LogP contribution is -2.26. The van der Waals surface area contributed by atoms with Gasteiger partial charge in [0.2, 0.25) is 0 Å².